The van der Waals surface area contributed by atoms with Gasteiger partial charge in [0.25, 0.3) is 0 Å². The van der Waals surface area contributed by atoms with Crippen LogP contribution in [-0.2, 0) is 9.53 Å². The highest BCUT2D eigenvalue weighted by molar-refractivity contribution is 9.10. The lowest BCUT2D eigenvalue weighted by atomic mass is 9.46. The lowest BCUT2D eigenvalue weighted by molar-refractivity contribution is -0.222. The number of phenols is 1. The SMILES string of the molecule is CC1(C)C2OCCCC2C1(N)C(=O)Nc1cc(Br)ccc1O. The molecule has 3 unspecified atom stereocenters. The number of phenolic OH excluding ortho intramolecular Hbond substituents is 1. The Labute approximate surface area is 138 Å². The third-order valence-electron chi connectivity index (χ3n) is 5.27. The lowest BCUT2D eigenvalue weighted by Crippen LogP contribution is -2.81. The van der Waals surface area contributed by atoms with Crippen LogP contribution in [0.5, 0.6) is 5.75 Å². The molecule has 120 valence electrons. The fraction of sp³-hybridized carbons (Fsp3) is 0.562. The summed E-state index contributed by atoms with van der Waals surface area (Å²) >= 11 is 3.33. The van der Waals surface area contributed by atoms with E-state index in [-0.39, 0.29) is 23.7 Å². The zero-order chi connectivity index (χ0) is 16.1. The molecule has 2 fully saturated rings. The second kappa shape index (κ2) is 5.22. The fourth-order valence-electron chi connectivity index (χ4n) is 3.87. The minimum atomic E-state index is -0.993. The Hall–Kier alpha value is -1.11. The third-order valence-corrected chi connectivity index (χ3v) is 5.76. The predicted molar refractivity (Wildman–Crippen MR) is 87.6 cm³/mol. The summed E-state index contributed by atoms with van der Waals surface area (Å²) in [6.45, 7) is 4.67. The van der Waals surface area contributed by atoms with Crippen LogP contribution in [0.1, 0.15) is 26.7 Å². The first-order valence-corrected chi connectivity index (χ1v) is 8.28. The van der Waals surface area contributed by atoms with Gasteiger partial charge in [0.15, 0.2) is 0 Å². The summed E-state index contributed by atoms with van der Waals surface area (Å²) in [5, 5.41) is 12.7. The molecule has 5 nitrogen and oxygen atoms in total. The molecule has 1 aromatic rings. The Morgan fingerprint density at radius 2 is 2.23 bits per heavy atom. The number of hydrogen-bond acceptors (Lipinski definition) is 4. The number of fused-ring (bicyclic) bond motifs is 1. The van der Waals surface area contributed by atoms with Crippen molar-refractivity contribution in [2.24, 2.45) is 17.1 Å². The Balaban J connectivity index is 1.86. The summed E-state index contributed by atoms with van der Waals surface area (Å²) in [6, 6.07) is 4.90. The second-order valence-electron chi connectivity index (χ2n) is 6.75. The Bertz CT molecular complexity index is 619. The summed E-state index contributed by atoms with van der Waals surface area (Å²) < 4.78 is 6.59. The van der Waals surface area contributed by atoms with Crippen molar-refractivity contribution in [1.82, 2.24) is 0 Å². The monoisotopic (exact) mass is 368 g/mol. The molecule has 0 radical (unpaired) electrons. The number of carbonyl (C=O) groups excluding carboxylic acids is 1. The van der Waals surface area contributed by atoms with Crippen LogP contribution in [0.15, 0.2) is 22.7 Å². The smallest absolute Gasteiger partial charge is 0.245 e. The molecule has 4 N–H and O–H groups in total. The number of ether oxygens (including phenoxy) is 1. The Morgan fingerprint density at radius 3 is 2.95 bits per heavy atom. The van der Waals surface area contributed by atoms with Crippen LogP contribution in [0.4, 0.5) is 5.69 Å². The van der Waals surface area contributed by atoms with Crippen molar-refractivity contribution in [3.8, 4) is 5.75 Å². The van der Waals surface area contributed by atoms with Crippen molar-refractivity contribution in [3.05, 3.63) is 22.7 Å². The standard InChI is InChI=1S/C16H21BrN2O3/c1-15(2)13-10(4-3-7-22-13)16(15,18)14(21)19-11-8-9(17)5-6-12(11)20/h5-6,8,10,13,20H,3-4,7,18H2,1-2H3,(H,19,21). The Kier molecular flexibility index (Phi) is 3.74. The first-order valence-electron chi connectivity index (χ1n) is 7.49. The zero-order valence-electron chi connectivity index (χ0n) is 12.7. The van der Waals surface area contributed by atoms with Gasteiger partial charge < -0.3 is 20.9 Å². The fourth-order valence-corrected chi connectivity index (χ4v) is 4.23. The number of carbonyl (C=O) groups is 1. The molecule has 1 amide bonds. The van der Waals surface area contributed by atoms with Crippen molar-refractivity contribution in [2.75, 3.05) is 11.9 Å². The van der Waals surface area contributed by atoms with Crippen LogP contribution in [0.2, 0.25) is 0 Å². The van der Waals surface area contributed by atoms with Crippen LogP contribution < -0.4 is 11.1 Å². The van der Waals surface area contributed by atoms with Crippen molar-refractivity contribution in [3.63, 3.8) is 0 Å². The van der Waals surface area contributed by atoms with E-state index in [1.807, 2.05) is 13.8 Å². The number of rotatable bonds is 2. The van der Waals surface area contributed by atoms with E-state index >= 15 is 0 Å². The number of anilines is 1. The van der Waals surface area contributed by atoms with Gasteiger partial charge in [0.2, 0.25) is 5.91 Å². The molecule has 1 aliphatic carbocycles. The summed E-state index contributed by atoms with van der Waals surface area (Å²) in [5.41, 5.74) is 5.46. The van der Waals surface area contributed by atoms with Gasteiger partial charge in [-0.3, -0.25) is 4.79 Å². The van der Waals surface area contributed by atoms with Crippen molar-refractivity contribution in [2.45, 2.75) is 38.3 Å². The molecule has 2 aliphatic rings. The van der Waals surface area contributed by atoms with E-state index in [1.165, 1.54) is 6.07 Å². The van der Waals surface area contributed by atoms with E-state index in [9.17, 15) is 9.90 Å². The number of amides is 1. The van der Waals surface area contributed by atoms with Gasteiger partial charge in [0.05, 0.1) is 11.8 Å². The molecule has 1 saturated heterocycles. The number of benzene rings is 1. The molecule has 1 aromatic carbocycles. The zero-order valence-corrected chi connectivity index (χ0v) is 14.3. The maximum atomic E-state index is 12.8. The third kappa shape index (κ3) is 2.08. The van der Waals surface area contributed by atoms with Gasteiger partial charge >= 0.3 is 0 Å². The first kappa shape index (κ1) is 15.8. The molecule has 3 rings (SSSR count). The van der Waals surface area contributed by atoms with Crippen LogP contribution in [0, 0.1) is 11.3 Å². The molecule has 1 saturated carbocycles. The number of aromatic hydroxyl groups is 1. The molecule has 6 heteroatoms. The predicted octanol–water partition coefficient (Wildman–Crippen LogP) is 2.63. The van der Waals surface area contributed by atoms with Gasteiger partial charge in [-0.15, -0.1) is 0 Å². The molecular weight excluding hydrogens is 348 g/mol. The maximum Gasteiger partial charge on any atom is 0.245 e. The van der Waals surface area contributed by atoms with Gasteiger partial charge in [-0.05, 0) is 31.0 Å². The van der Waals surface area contributed by atoms with Crippen molar-refractivity contribution >= 4 is 27.5 Å². The normalized spacial score (nSPS) is 32.7. The lowest BCUT2D eigenvalue weighted by Gasteiger charge is -2.65. The summed E-state index contributed by atoms with van der Waals surface area (Å²) in [6.07, 6.45) is 1.83. The van der Waals surface area contributed by atoms with Gasteiger partial charge in [-0.25, -0.2) is 0 Å². The van der Waals surface area contributed by atoms with Gasteiger partial charge in [0.1, 0.15) is 11.3 Å². The topological polar surface area (TPSA) is 84.6 Å². The van der Waals surface area contributed by atoms with Crippen molar-refractivity contribution in [1.29, 1.82) is 0 Å². The number of halogens is 1. The molecular formula is C16H21BrN2O3. The van der Waals surface area contributed by atoms with Gasteiger partial charge in [-0.1, -0.05) is 29.8 Å². The minimum absolute atomic E-state index is 0.0190. The minimum Gasteiger partial charge on any atom is -0.506 e. The van der Waals surface area contributed by atoms with E-state index < -0.39 is 11.0 Å². The van der Waals surface area contributed by atoms with E-state index in [4.69, 9.17) is 10.5 Å². The maximum absolute atomic E-state index is 12.8. The molecule has 0 aromatic heterocycles. The van der Waals surface area contributed by atoms with Crippen LogP contribution in [0.25, 0.3) is 0 Å². The number of nitrogens with one attached hydrogen (secondary N) is 1. The quantitative estimate of drug-likeness (QED) is 0.700. The molecule has 1 aliphatic heterocycles. The van der Waals surface area contributed by atoms with Crippen LogP contribution >= 0.6 is 15.9 Å². The highest BCUT2D eigenvalue weighted by Gasteiger charge is 2.70. The summed E-state index contributed by atoms with van der Waals surface area (Å²) in [5.74, 6) is -0.225. The van der Waals surface area contributed by atoms with Gasteiger partial charge in [-0.2, -0.15) is 0 Å². The highest BCUT2D eigenvalue weighted by atomic mass is 79.9. The molecule has 3 atom stereocenters. The Morgan fingerprint density at radius 1 is 1.50 bits per heavy atom. The van der Waals surface area contributed by atoms with E-state index in [0.29, 0.717) is 5.69 Å². The van der Waals surface area contributed by atoms with E-state index in [0.717, 1.165) is 23.9 Å². The van der Waals surface area contributed by atoms with Gasteiger partial charge in [0, 0.05) is 22.4 Å². The first-order chi connectivity index (χ1) is 10.3. The molecule has 0 bridgehead atoms. The molecule has 1 heterocycles. The van der Waals surface area contributed by atoms with E-state index in [2.05, 4.69) is 21.2 Å². The number of hydrogen-bond donors (Lipinski definition) is 3. The average molecular weight is 369 g/mol. The highest BCUT2D eigenvalue weighted by Crippen LogP contribution is 2.57. The molecule has 22 heavy (non-hydrogen) atoms. The second-order valence-corrected chi connectivity index (χ2v) is 7.66. The summed E-state index contributed by atoms with van der Waals surface area (Å²) in [7, 11) is 0. The summed E-state index contributed by atoms with van der Waals surface area (Å²) in [4.78, 5) is 12.8. The van der Waals surface area contributed by atoms with Crippen LogP contribution in [-0.4, -0.2) is 29.3 Å². The largest absolute Gasteiger partial charge is 0.506 e. The molecule has 0 spiro atoms. The van der Waals surface area contributed by atoms with E-state index in [1.54, 1.807) is 12.1 Å². The average Bonchev–Trinajstić information content (AvgIpc) is 2.50. The number of nitrogens with two attached hydrogens (primary N) is 1. The van der Waals surface area contributed by atoms with Crippen LogP contribution in [0.3, 0.4) is 0 Å². The van der Waals surface area contributed by atoms with Crippen molar-refractivity contribution < 1.29 is 14.6 Å².